The average molecular weight is 311 g/mol. The van der Waals surface area contributed by atoms with E-state index in [0.717, 1.165) is 24.0 Å². The highest BCUT2D eigenvalue weighted by molar-refractivity contribution is 9.10. The Labute approximate surface area is 119 Å². The Balaban J connectivity index is 1.89. The molecule has 0 radical (unpaired) electrons. The van der Waals surface area contributed by atoms with E-state index in [1.165, 1.54) is 25.1 Å². The van der Waals surface area contributed by atoms with Gasteiger partial charge in [0, 0.05) is 36.2 Å². The molecule has 3 heteroatoms. The van der Waals surface area contributed by atoms with Crippen LogP contribution in [-0.2, 0) is 6.42 Å². The minimum atomic E-state index is 0.301. The number of aryl methyl sites for hydroxylation is 1. The van der Waals surface area contributed by atoms with E-state index in [1.807, 2.05) is 0 Å². The van der Waals surface area contributed by atoms with Crippen LogP contribution in [0.1, 0.15) is 25.8 Å². The van der Waals surface area contributed by atoms with E-state index in [4.69, 9.17) is 0 Å². The van der Waals surface area contributed by atoms with Crippen molar-refractivity contribution >= 4 is 15.9 Å². The first-order valence-corrected chi connectivity index (χ1v) is 7.57. The highest BCUT2D eigenvalue weighted by Gasteiger charge is 2.27. The molecule has 0 aromatic heterocycles. The molecule has 1 aliphatic heterocycles. The Hall–Kier alpha value is -0.380. The first-order valence-electron chi connectivity index (χ1n) is 6.78. The average Bonchev–Trinajstić information content (AvgIpc) is 2.39. The maximum Gasteiger partial charge on any atom is 0.0175 e. The van der Waals surface area contributed by atoms with E-state index < -0.39 is 0 Å². The zero-order valence-corrected chi connectivity index (χ0v) is 13.0. The summed E-state index contributed by atoms with van der Waals surface area (Å²) in [6.07, 6.45) is 2.37. The topological polar surface area (TPSA) is 15.3 Å². The molecular formula is C15H23BrN2. The second-order valence-corrected chi connectivity index (χ2v) is 6.59. The predicted octanol–water partition coefficient (Wildman–Crippen LogP) is 3.07. The summed E-state index contributed by atoms with van der Waals surface area (Å²) in [7, 11) is 0. The molecule has 0 unspecified atom stereocenters. The molecule has 0 spiro atoms. The number of piperazine rings is 1. The number of hydrogen-bond donors (Lipinski definition) is 1. The number of halogens is 1. The molecular weight excluding hydrogens is 288 g/mol. The second kappa shape index (κ2) is 6.18. The van der Waals surface area contributed by atoms with Gasteiger partial charge in [-0.05, 0) is 44.4 Å². The third kappa shape index (κ3) is 3.81. The van der Waals surface area contributed by atoms with Gasteiger partial charge >= 0.3 is 0 Å². The molecule has 0 atom stereocenters. The van der Waals surface area contributed by atoms with E-state index in [2.05, 4.69) is 64.3 Å². The molecule has 1 fully saturated rings. The van der Waals surface area contributed by atoms with Gasteiger partial charge in [0.15, 0.2) is 0 Å². The third-order valence-corrected chi connectivity index (χ3v) is 4.44. The molecule has 0 amide bonds. The molecule has 1 N–H and O–H groups in total. The standard InChI is InChI=1S/C15H23BrN2/c1-15(2,18-11-9-17-10-12-18)8-7-13-3-5-14(16)6-4-13/h3-6,17H,7-12H2,1-2H3. The zero-order chi connectivity index (χ0) is 13.0. The summed E-state index contributed by atoms with van der Waals surface area (Å²) in [5, 5.41) is 3.42. The lowest BCUT2D eigenvalue weighted by molar-refractivity contribution is 0.0959. The summed E-state index contributed by atoms with van der Waals surface area (Å²) in [5.74, 6) is 0. The molecule has 2 rings (SSSR count). The molecule has 1 heterocycles. The summed E-state index contributed by atoms with van der Waals surface area (Å²) in [5.41, 5.74) is 1.73. The molecule has 1 aromatic rings. The van der Waals surface area contributed by atoms with Crippen molar-refractivity contribution in [3.8, 4) is 0 Å². The van der Waals surface area contributed by atoms with Crippen molar-refractivity contribution in [3.63, 3.8) is 0 Å². The van der Waals surface area contributed by atoms with Gasteiger partial charge in [-0.25, -0.2) is 0 Å². The summed E-state index contributed by atoms with van der Waals surface area (Å²) in [6, 6.07) is 8.70. The SMILES string of the molecule is CC(C)(CCc1ccc(Br)cc1)N1CCNCC1. The molecule has 1 aromatic carbocycles. The van der Waals surface area contributed by atoms with Crippen LogP contribution >= 0.6 is 15.9 Å². The quantitative estimate of drug-likeness (QED) is 0.919. The van der Waals surface area contributed by atoms with Gasteiger partial charge in [0.05, 0.1) is 0 Å². The number of nitrogens with zero attached hydrogens (tertiary/aromatic N) is 1. The van der Waals surface area contributed by atoms with Crippen LogP contribution in [0.4, 0.5) is 0 Å². The molecule has 1 aliphatic rings. The minimum absolute atomic E-state index is 0.301. The first-order chi connectivity index (χ1) is 8.58. The van der Waals surface area contributed by atoms with Crippen LogP contribution in [0, 0.1) is 0 Å². The molecule has 0 bridgehead atoms. The number of benzene rings is 1. The van der Waals surface area contributed by atoms with Gasteiger partial charge in [0.2, 0.25) is 0 Å². The van der Waals surface area contributed by atoms with Crippen molar-refractivity contribution in [3.05, 3.63) is 34.3 Å². The Morgan fingerprint density at radius 2 is 1.78 bits per heavy atom. The van der Waals surface area contributed by atoms with Gasteiger partial charge in [-0.1, -0.05) is 28.1 Å². The van der Waals surface area contributed by atoms with E-state index in [9.17, 15) is 0 Å². The van der Waals surface area contributed by atoms with Crippen LogP contribution in [0.25, 0.3) is 0 Å². The molecule has 0 saturated carbocycles. The molecule has 1 saturated heterocycles. The third-order valence-electron chi connectivity index (χ3n) is 3.91. The Bertz CT molecular complexity index is 367. The van der Waals surface area contributed by atoms with Gasteiger partial charge in [-0.2, -0.15) is 0 Å². The van der Waals surface area contributed by atoms with Crippen molar-refractivity contribution < 1.29 is 0 Å². The maximum atomic E-state index is 3.48. The van der Waals surface area contributed by atoms with Gasteiger partial charge in [0.25, 0.3) is 0 Å². The minimum Gasteiger partial charge on any atom is -0.314 e. The summed E-state index contributed by atoms with van der Waals surface area (Å²) >= 11 is 3.48. The fourth-order valence-electron chi connectivity index (χ4n) is 2.53. The van der Waals surface area contributed by atoms with E-state index in [1.54, 1.807) is 0 Å². The summed E-state index contributed by atoms with van der Waals surface area (Å²) in [6.45, 7) is 9.35. The Morgan fingerprint density at radius 3 is 2.39 bits per heavy atom. The highest BCUT2D eigenvalue weighted by atomic mass is 79.9. The number of nitrogens with one attached hydrogen (secondary N) is 1. The van der Waals surface area contributed by atoms with Crippen LogP contribution in [0.2, 0.25) is 0 Å². The van der Waals surface area contributed by atoms with Gasteiger partial charge < -0.3 is 5.32 Å². The number of hydrogen-bond acceptors (Lipinski definition) is 2. The van der Waals surface area contributed by atoms with Crippen LogP contribution < -0.4 is 5.32 Å². The van der Waals surface area contributed by atoms with Crippen LogP contribution in [0.15, 0.2) is 28.7 Å². The molecule has 0 aliphatic carbocycles. The largest absolute Gasteiger partial charge is 0.314 e. The van der Waals surface area contributed by atoms with Crippen LogP contribution in [-0.4, -0.2) is 36.6 Å². The first kappa shape index (κ1) is 14.0. The van der Waals surface area contributed by atoms with Crippen LogP contribution in [0.3, 0.4) is 0 Å². The van der Waals surface area contributed by atoms with Crippen molar-refractivity contribution in [2.45, 2.75) is 32.2 Å². The predicted molar refractivity (Wildman–Crippen MR) is 81.0 cm³/mol. The van der Waals surface area contributed by atoms with Gasteiger partial charge in [-0.15, -0.1) is 0 Å². The van der Waals surface area contributed by atoms with E-state index in [0.29, 0.717) is 5.54 Å². The second-order valence-electron chi connectivity index (χ2n) is 5.68. The van der Waals surface area contributed by atoms with Crippen molar-refractivity contribution in [1.82, 2.24) is 10.2 Å². The maximum absolute atomic E-state index is 3.48. The van der Waals surface area contributed by atoms with Crippen LogP contribution in [0.5, 0.6) is 0 Å². The molecule has 2 nitrogen and oxygen atoms in total. The lowest BCUT2D eigenvalue weighted by Crippen LogP contribution is -2.53. The smallest absolute Gasteiger partial charge is 0.0175 e. The lowest BCUT2D eigenvalue weighted by Gasteiger charge is -2.41. The van der Waals surface area contributed by atoms with Crippen molar-refractivity contribution in [2.24, 2.45) is 0 Å². The summed E-state index contributed by atoms with van der Waals surface area (Å²) in [4.78, 5) is 2.61. The van der Waals surface area contributed by atoms with E-state index in [-0.39, 0.29) is 0 Å². The molecule has 100 valence electrons. The van der Waals surface area contributed by atoms with Crippen molar-refractivity contribution in [2.75, 3.05) is 26.2 Å². The summed E-state index contributed by atoms with van der Waals surface area (Å²) < 4.78 is 1.16. The van der Waals surface area contributed by atoms with Gasteiger partial charge in [-0.3, -0.25) is 4.90 Å². The Kier molecular flexibility index (Phi) is 4.82. The van der Waals surface area contributed by atoms with Crippen molar-refractivity contribution in [1.29, 1.82) is 0 Å². The monoisotopic (exact) mass is 310 g/mol. The molecule has 18 heavy (non-hydrogen) atoms. The number of rotatable bonds is 4. The van der Waals surface area contributed by atoms with Gasteiger partial charge in [0.1, 0.15) is 0 Å². The normalized spacial score (nSPS) is 17.9. The van der Waals surface area contributed by atoms with E-state index >= 15 is 0 Å². The lowest BCUT2D eigenvalue weighted by atomic mass is 9.93. The fourth-order valence-corrected chi connectivity index (χ4v) is 2.79. The zero-order valence-electron chi connectivity index (χ0n) is 11.4. The highest BCUT2D eigenvalue weighted by Crippen LogP contribution is 2.22. The Morgan fingerprint density at radius 1 is 1.17 bits per heavy atom. The fraction of sp³-hybridized carbons (Fsp3) is 0.600.